The van der Waals surface area contributed by atoms with Gasteiger partial charge < -0.3 is 5.11 Å². The average Bonchev–Trinajstić information content (AvgIpc) is 2.77. The highest BCUT2D eigenvalue weighted by Crippen LogP contribution is 2.32. The highest BCUT2D eigenvalue weighted by molar-refractivity contribution is 8.77. The summed E-state index contributed by atoms with van der Waals surface area (Å²) in [4.78, 5) is 35.0. The monoisotopic (exact) mass is 330 g/mol. The van der Waals surface area contributed by atoms with Crippen LogP contribution < -0.4 is 0 Å². The molecule has 9 heteroatoms. The second-order valence-corrected chi connectivity index (χ2v) is 6.49. The maximum Gasteiger partial charge on any atom is 0.317 e. The van der Waals surface area contributed by atoms with Crippen molar-refractivity contribution in [1.29, 1.82) is 0 Å². The molecule has 1 aromatic heterocycles. The van der Waals surface area contributed by atoms with Gasteiger partial charge >= 0.3 is 5.97 Å². The van der Waals surface area contributed by atoms with E-state index in [1.54, 1.807) is 13.1 Å². The minimum absolute atomic E-state index is 0.148. The van der Waals surface area contributed by atoms with Gasteiger partial charge in [0.25, 0.3) is 11.8 Å². The zero-order chi connectivity index (χ0) is 15.8. The fourth-order valence-electron chi connectivity index (χ4n) is 1.12. The van der Waals surface area contributed by atoms with Crippen LogP contribution in [-0.4, -0.2) is 43.4 Å². The molecule has 114 valence electrons. The summed E-state index contributed by atoms with van der Waals surface area (Å²) in [6.45, 7) is 1.66. The Balaban J connectivity index is 0.000000235. The summed E-state index contributed by atoms with van der Waals surface area (Å²) in [5.74, 6) is -1.81. The first kappa shape index (κ1) is 17.5. The molecule has 1 aromatic rings. The molecule has 7 nitrogen and oxygen atoms in total. The second-order valence-electron chi connectivity index (χ2n) is 3.93. The van der Waals surface area contributed by atoms with Crippen LogP contribution in [0, 0.1) is 0 Å². The van der Waals surface area contributed by atoms with Crippen molar-refractivity contribution in [1.82, 2.24) is 10.0 Å². The largest absolute Gasteiger partial charge is 0.480 e. The van der Waals surface area contributed by atoms with Crippen molar-refractivity contribution >= 4 is 39.4 Å². The highest BCUT2D eigenvalue weighted by atomic mass is 33.1. The van der Waals surface area contributed by atoms with Crippen LogP contribution in [0.4, 0.5) is 0 Å². The van der Waals surface area contributed by atoms with Crippen molar-refractivity contribution < 1.29 is 24.7 Å². The Morgan fingerprint density at radius 2 is 1.95 bits per heavy atom. The van der Waals surface area contributed by atoms with Crippen LogP contribution >= 0.6 is 21.6 Å². The molecule has 0 saturated carbocycles. The molecule has 1 unspecified atom stereocenters. The smallest absolute Gasteiger partial charge is 0.317 e. The van der Waals surface area contributed by atoms with E-state index in [4.69, 9.17) is 10.3 Å². The number of carbonyl (C=O) groups excluding carboxylic acids is 2. The summed E-state index contributed by atoms with van der Waals surface area (Å²) in [7, 11) is 2.67. The molecule has 1 aliphatic rings. The van der Waals surface area contributed by atoms with E-state index in [0.717, 1.165) is 5.03 Å². The minimum atomic E-state index is -0.798. The number of imide groups is 1. The summed E-state index contributed by atoms with van der Waals surface area (Å²) in [6.07, 6.45) is 1.99. The lowest BCUT2D eigenvalue weighted by atomic mass is 10.4. The predicted octanol–water partition coefficient (Wildman–Crippen LogP) is 1.82. The van der Waals surface area contributed by atoms with Gasteiger partial charge in [-0.25, -0.2) is 4.98 Å². The highest BCUT2D eigenvalue weighted by Gasteiger charge is 2.26. The van der Waals surface area contributed by atoms with Crippen molar-refractivity contribution in [3.63, 3.8) is 0 Å². The molecule has 1 aliphatic heterocycles. The standard InChI is InChI=1S/C8H9NO2S2.C4H5NO3/c1-6(8(10)11)12-13-7-4-2-3-5-9-7;6-3-1-2-4(7)5(3)8/h2-6H,1H3,(H,10,11);8H,1-2H2. The molecule has 0 radical (unpaired) electrons. The lowest BCUT2D eigenvalue weighted by molar-refractivity contribution is -0.171. The van der Waals surface area contributed by atoms with Gasteiger partial charge in [0, 0.05) is 19.0 Å². The van der Waals surface area contributed by atoms with E-state index in [1.807, 2.05) is 18.2 Å². The van der Waals surface area contributed by atoms with E-state index < -0.39 is 23.0 Å². The third-order valence-electron chi connectivity index (χ3n) is 2.29. The van der Waals surface area contributed by atoms with Gasteiger partial charge in [0.15, 0.2) is 0 Å². The van der Waals surface area contributed by atoms with Crippen molar-refractivity contribution in [3.8, 4) is 0 Å². The normalized spacial score (nSPS) is 15.4. The van der Waals surface area contributed by atoms with Crippen LogP contribution in [0.1, 0.15) is 19.8 Å². The van der Waals surface area contributed by atoms with Crippen molar-refractivity contribution in [2.45, 2.75) is 30.0 Å². The van der Waals surface area contributed by atoms with Gasteiger partial charge in [0.05, 0.1) is 0 Å². The number of rotatable bonds is 4. The van der Waals surface area contributed by atoms with Gasteiger partial charge in [-0.3, -0.25) is 19.6 Å². The predicted molar refractivity (Wildman–Crippen MR) is 77.7 cm³/mol. The van der Waals surface area contributed by atoms with Gasteiger partial charge in [0.1, 0.15) is 10.3 Å². The van der Waals surface area contributed by atoms with Crippen LogP contribution in [0.15, 0.2) is 29.4 Å². The average molecular weight is 330 g/mol. The van der Waals surface area contributed by atoms with Gasteiger partial charge in [-0.2, -0.15) is 5.06 Å². The van der Waals surface area contributed by atoms with Crippen LogP contribution in [0.5, 0.6) is 0 Å². The fraction of sp³-hybridized carbons (Fsp3) is 0.333. The molecule has 1 saturated heterocycles. The van der Waals surface area contributed by atoms with Crippen molar-refractivity contribution in [2.75, 3.05) is 0 Å². The van der Waals surface area contributed by atoms with Gasteiger partial charge in [-0.15, -0.1) is 0 Å². The Hall–Kier alpha value is -1.58. The molecule has 1 fully saturated rings. The number of aliphatic carboxylic acids is 1. The number of hydrogen-bond donors (Lipinski definition) is 2. The van der Waals surface area contributed by atoms with E-state index in [1.165, 1.54) is 21.6 Å². The molecule has 0 aliphatic carbocycles. The molecule has 2 N–H and O–H groups in total. The van der Waals surface area contributed by atoms with E-state index >= 15 is 0 Å². The molecule has 1 atom stereocenters. The molecular formula is C12H14N2O5S2. The van der Waals surface area contributed by atoms with Gasteiger partial charge in [-0.1, -0.05) is 16.9 Å². The first-order valence-electron chi connectivity index (χ1n) is 5.93. The molecular weight excluding hydrogens is 316 g/mol. The van der Waals surface area contributed by atoms with E-state index in [9.17, 15) is 14.4 Å². The molecule has 0 spiro atoms. The Morgan fingerprint density at radius 1 is 1.33 bits per heavy atom. The Bertz CT molecular complexity index is 496. The van der Waals surface area contributed by atoms with Crippen LogP contribution in [0.25, 0.3) is 0 Å². The number of aromatic nitrogens is 1. The molecule has 0 aromatic carbocycles. The van der Waals surface area contributed by atoms with Crippen molar-refractivity contribution in [3.05, 3.63) is 24.4 Å². The summed E-state index contributed by atoms with van der Waals surface area (Å²) in [5, 5.41) is 17.6. The Kier molecular flexibility index (Phi) is 7.20. The maximum atomic E-state index is 10.5. The van der Waals surface area contributed by atoms with Gasteiger partial charge in [-0.05, 0) is 29.9 Å². The number of hydroxylamine groups is 2. The third-order valence-corrected chi connectivity index (χ3v) is 4.95. The minimum Gasteiger partial charge on any atom is -0.480 e. The number of pyridine rings is 1. The second kappa shape index (κ2) is 8.65. The zero-order valence-corrected chi connectivity index (χ0v) is 12.8. The summed E-state index contributed by atoms with van der Waals surface area (Å²) in [6, 6.07) is 5.56. The van der Waals surface area contributed by atoms with Crippen molar-refractivity contribution in [2.24, 2.45) is 0 Å². The first-order valence-corrected chi connectivity index (χ1v) is 8.15. The number of carboxylic acid groups (broad SMARTS) is 1. The summed E-state index contributed by atoms with van der Waals surface area (Å²) < 4.78 is 0. The fourth-order valence-corrected chi connectivity index (χ4v) is 2.96. The lowest BCUT2D eigenvalue weighted by Crippen LogP contribution is -2.24. The van der Waals surface area contributed by atoms with E-state index in [-0.39, 0.29) is 17.9 Å². The topological polar surface area (TPSA) is 108 Å². The summed E-state index contributed by atoms with van der Waals surface area (Å²) >= 11 is 0. The number of nitrogens with zero attached hydrogens (tertiary/aromatic N) is 2. The molecule has 0 bridgehead atoms. The number of carbonyl (C=O) groups is 3. The number of amides is 2. The third kappa shape index (κ3) is 6.15. The SMILES string of the molecule is CC(SSc1ccccn1)C(=O)O.O=C1CCC(=O)N1O. The number of hydrogen-bond acceptors (Lipinski definition) is 7. The quantitative estimate of drug-likeness (QED) is 0.489. The van der Waals surface area contributed by atoms with Crippen LogP contribution in [0.3, 0.4) is 0 Å². The van der Waals surface area contributed by atoms with E-state index in [0.29, 0.717) is 0 Å². The van der Waals surface area contributed by atoms with E-state index in [2.05, 4.69) is 4.98 Å². The number of carboxylic acids is 1. The van der Waals surface area contributed by atoms with Crippen LogP contribution in [-0.2, 0) is 14.4 Å². The molecule has 2 rings (SSSR count). The van der Waals surface area contributed by atoms with Crippen LogP contribution in [0.2, 0.25) is 0 Å². The summed E-state index contributed by atoms with van der Waals surface area (Å²) in [5.41, 5.74) is 0. The first-order chi connectivity index (χ1) is 9.91. The molecule has 2 heterocycles. The maximum absolute atomic E-state index is 10.5. The molecule has 2 amide bonds. The lowest BCUT2D eigenvalue weighted by Gasteiger charge is -2.03. The zero-order valence-electron chi connectivity index (χ0n) is 11.1. The molecule has 21 heavy (non-hydrogen) atoms. The Labute approximate surface area is 129 Å². The van der Waals surface area contributed by atoms with Gasteiger partial charge in [0.2, 0.25) is 0 Å². The Morgan fingerprint density at radius 3 is 2.33 bits per heavy atom.